The highest BCUT2D eigenvalue weighted by molar-refractivity contribution is 5.77. The molecule has 1 saturated carbocycles. The third-order valence-corrected chi connectivity index (χ3v) is 3.86. The summed E-state index contributed by atoms with van der Waals surface area (Å²) in [6, 6.07) is 0. The van der Waals surface area contributed by atoms with Gasteiger partial charge in [0, 0.05) is 26.3 Å². The predicted octanol–water partition coefficient (Wildman–Crippen LogP) is 2.68. The van der Waals surface area contributed by atoms with E-state index in [1.165, 1.54) is 38.5 Å². The zero-order valence-electron chi connectivity index (χ0n) is 12.7. The Balaban J connectivity index is 2.09. The monoisotopic (exact) mass is 269 g/mol. The second-order valence-corrected chi connectivity index (χ2v) is 5.64. The number of aliphatic imine (C=N–C) groups is 1. The summed E-state index contributed by atoms with van der Waals surface area (Å²) < 4.78 is 5.42. The van der Waals surface area contributed by atoms with E-state index in [2.05, 4.69) is 17.2 Å². The van der Waals surface area contributed by atoms with E-state index in [0.717, 1.165) is 32.7 Å². The summed E-state index contributed by atoms with van der Waals surface area (Å²) in [5, 5.41) is 3.21. The molecule has 0 saturated heterocycles. The van der Waals surface area contributed by atoms with Gasteiger partial charge in [0.05, 0.1) is 0 Å². The topological polar surface area (TPSA) is 59.6 Å². The highest BCUT2D eigenvalue weighted by atomic mass is 16.5. The molecule has 1 aliphatic rings. The van der Waals surface area contributed by atoms with Gasteiger partial charge in [-0.25, -0.2) is 0 Å². The van der Waals surface area contributed by atoms with Crippen molar-refractivity contribution in [2.24, 2.45) is 16.1 Å². The molecule has 0 heterocycles. The van der Waals surface area contributed by atoms with Crippen molar-refractivity contribution in [3.05, 3.63) is 0 Å². The molecule has 112 valence electrons. The Hall–Kier alpha value is -0.770. The van der Waals surface area contributed by atoms with E-state index in [-0.39, 0.29) is 0 Å². The minimum Gasteiger partial charge on any atom is -0.382 e. The molecule has 1 aliphatic carbocycles. The van der Waals surface area contributed by atoms with E-state index in [1.54, 1.807) is 0 Å². The lowest BCUT2D eigenvalue weighted by Crippen LogP contribution is -2.33. The lowest BCUT2D eigenvalue weighted by Gasteiger charge is -2.13. The van der Waals surface area contributed by atoms with Crippen LogP contribution in [-0.2, 0) is 4.74 Å². The van der Waals surface area contributed by atoms with Gasteiger partial charge in [0.15, 0.2) is 5.96 Å². The van der Waals surface area contributed by atoms with Crippen LogP contribution in [0.25, 0.3) is 0 Å². The van der Waals surface area contributed by atoms with Gasteiger partial charge >= 0.3 is 0 Å². The highest BCUT2D eigenvalue weighted by Gasteiger charge is 2.41. The third kappa shape index (κ3) is 7.41. The summed E-state index contributed by atoms with van der Waals surface area (Å²) in [6.45, 7) is 7.73. The minimum atomic E-state index is 0.393. The lowest BCUT2D eigenvalue weighted by molar-refractivity contribution is 0.129. The molecule has 0 radical (unpaired) electrons. The molecule has 0 aliphatic heterocycles. The van der Waals surface area contributed by atoms with Crippen LogP contribution in [0.15, 0.2) is 4.99 Å². The summed E-state index contributed by atoms with van der Waals surface area (Å²) in [5.74, 6) is 0.610. The molecule has 0 bridgehead atoms. The first-order valence-electron chi connectivity index (χ1n) is 7.84. The molecule has 0 aromatic carbocycles. The Morgan fingerprint density at radius 3 is 2.68 bits per heavy atom. The number of hydrogen-bond donors (Lipinski definition) is 2. The van der Waals surface area contributed by atoms with E-state index < -0.39 is 0 Å². The van der Waals surface area contributed by atoms with Crippen LogP contribution in [0.4, 0.5) is 0 Å². The van der Waals surface area contributed by atoms with Gasteiger partial charge in [-0.3, -0.25) is 4.99 Å². The fourth-order valence-electron chi connectivity index (χ4n) is 2.17. The van der Waals surface area contributed by atoms with Crippen molar-refractivity contribution in [3.63, 3.8) is 0 Å². The van der Waals surface area contributed by atoms with Crippen LogP contribution < -0.4 is 11.1 Å². The van der Waals surface area contributed by atoms with E-state index in [0.29, 0.717) is 11.4 Å². The fraction of sp³-hybridized carbons (Fsp3) is 0.933. The van der Waals surface area contributed by atoms with Crippen LogP contribution in [0, 0.1) is 5.41 Å². The SMILES string of the molecule is CCCCCCNC(N)=NCC1(CCOCC)CC1. The average Bonchev–Trinajstić information content (AvgIpc) is 3.17. The normalized spacial score (nSPS) is 17.5. The molecule has 0 atom stereocenters. The molecule has 4 nitrogen and oxygen atoms in total. The number of unbranched alkanes of at least 4 members (excludes halogenated alkanes) is 3. The van der Waals surface area contributed by atoms with Crippen molar-refractivity contribution in [1.29, 1.82) is 0 Å². The maximum atomic E-state index is 5.89. The Bertz CT molecular complexity index is 262. The van der Waals surface area contributed by atoms with Crippen molar-refractivity contribution in [3.8, 4) is 0 Å². The molecule has 0 aromatic rings. The summed E-state index contributed by atoms with van der Waals surface area (Å²) in [5.41, 5.74) is 6.28. The smallest absolute Gasteiger partial charge is 0.188 e. The average molecular weight is 269 g/mol. The summed E-state index contributed by atoms with van der Waals surface area (Å²) >= 11 is 0. The Morgan fingerprint density at radius 2 is 2.05 bits per heavy atom. The number of nitrogens with one attached hydrogen (secondary N) is 1. The van der Waals surface area contributed by atoms with E-state index >= 15 is 0 Å². The first-order chi connectivity index (χ1) is 9.22. The van der Waals surface area contributed by atoms with Crippen molar-refractivity contribution < 1.29 is 4.74 Å². The molecule has 0 aromatic heterocycles. The molecule has 0 amide bonds. The molecule has 19 heavy (non-hydrogen) atoms. The second-order valence-electron chi connectivity index (χ2n) is 5.64. The number of rotatable bonds is 11. The Kier molecular flexibility index (Phi) is 7.87. The Morgan fingerprint density at radius 1 is 1.26 bits per heavy atom. The zero-order chi connectivity index (χ0) is 14.0. The second kappa shape index (κ2) is 9.18. The number of ether oxygens (including phenoxy) is 1. The van der Waals surface area contributed by atoms with Gasteiger partial charge in [0.1, 0.15) is 0 Å². The number of nitrogens with two attached hydrogens (primary N) is 1. The molecule has 1 rings (SSSR count). The van der Waals surface area contributed by atoms with Crippen molar-refractivity contribution in [2.75, 3.05) is 26.3 Å². The predicted molar refractivity (Wildman–Crippen MR) is 81.4 cm³/mol. The van der Waals surface area contributed by atoms with Gasteiger partial charge in [0.2, 0.25) is 0 Å². The molecule has 4 heteroatoms. The van der Waals surface area contributed by atoms with Gasteiger partial charge in [0.25, 0.3) is 0 Å². The van der Waals surface area contributed by atoms with Crippen LogP contribution in [-0.4, -0.2) is 32.3 Å². The van der Waals surface area contributed by atoms with Crippen LogP contribution in [0.3, 0.4) is 0 Å². The van der Waals surface area contributed by atoms with Gasteiger partial charge in [-0.15, -0.1) is 0 Å². The Labute approximate surface area is 118 Å². The van der Waals surface area contributed by atoms with Gasteiger partial charge in [-0.05, 0) is 38.0 Å². The van der Waals surface area contributed by atoms with E-state index in [1.807, 2.05) is 6.92 Å². The summed E-state index contributed by atoms with van der Waals surface area (Å²) in [4.78, 5) is 4.48. The van der Waals surface area contributed by atoms with Crippen LogP contribution in [0.2, 0.25) is 0 Å². The lowest BCUT2D eigenvalue weighted by atomic mass is 10.0. The van der Waals surface area contributed by atoms with Crippen molar-refractivity contribution in [2.45, 2.75) is 58.8 Å². The summed E-state index contributed by atoms with van der Waals surface area (Å²) in [6.07, 6.45) is 8.69. The maximum absolute atomic E-state index is 5.89. The third-order valence-electron chi connectivity index (χ3n) is 3.86. The van der Waals surface area contributed by atoms with E-state index in [4.69, 9.17) is 10.5 Å². The molecular weight excluding hydrogens is 238 g/mol. The fourth-order valence-corrected chi connectivity index (χ4v) is 2.17. The molecule has 1 fully saturated rings. The van der Waals surface area contributed by atoms with Crippen LogP contribution in [0.1, 0.15) is 58.8 Å². The quantitative estimate of drug-likeness (QED) is 0.344. The van der Waals surface area contributed by atoms with Crippen LogP contribution in [0.5, 0.6) is 0 Å². The standard InChI is InChI=1S/C15H31N3O/c1-3-5-6-7-11-17-14(16)18-13-15(8-9-15)10-12-19-4-2/h3-13H2,1-2H3,(H3,16,17,18). The van der Waals surface area contributed by atoms with Gasteiger partial charge in [-0.2, -0.15) is 0 Å². The minimum absolute atomic E-state index is 0.393. The maximum Gasteiger partial charge on any atom is 0.188 e. The molecular formula is C15H31N3O. The molecule has 0 spiro atoms. The van der Waals surface area contributed by atoms with Crippen molar-refractivity contribution in [1.82, 2.24) is 5.32 Å². The number of nitrogens with zero attached hydrogens (tertiary/aromatic N) is 1. The largest absolute Gasteiger partial charge is 0.382 e. The molecule has 0 unspecified atom stereocenters. The van der Waals surface area contributed by atoms with Gasteiger partial charge in [-0.1, -0.05) is 26.2 Å². The number of guanidine groups is 1. The zero-order valence-corrected chi connectivity index (χ0v) is 12.7. The number of hydrogen-bond acceptors (Lipinski definition) is 2. The highest BCUT2D eigenvalue weighted by Crippen LogP contribution is 2.48. The van der Waals surface area contributed by atoms with Crippen LogP contribution >= 0.6 is 0 Å². The van der Waals surface area contributed by atoms with Gasteiger partial charge < -0.3 is 15.8 Å². The summed E-state index contributed by atoms with van der Waals surface area (Å²) in [7, 11) is 0. The first kappa shape index (κ1) is 16.3. The van der Waals surface area contributed by atoms with Crippen molar-refractivity contribution >= 4 is 5.96 Å². The first-order valence-corrected chi connectivity index (χ1v) is 7.84. The molecule has 3 N–H and O–H groups in total. The van der Waals surface area contributed by atoms with E-state index in [9.17, 15) is 0 Å².